The number of allylic oxidation sites excluding steroid dienone is 1. The Bertz CT molecular complexity index is 284. The number of aliphatic imine (C=N–C) groups is 1. The fourth-order valence-electron chi connectivity index (χ4n) is 0.462. The van der Waals surface area contributed by atoms with Gasteiger partial charge in [0.1, 0.15) is 0 Å². The maximum Gasteiger partial charge on any atom is 0.236 e. The van der Waals surface area contributed by atoms with Crippen LogP contribution in [0.3, 0.4) is 0 Å². The molecule has 3 nitrogen and oxygen atoms in total. The monoisotopic (exact) mass is 213 g/mol. The molecule has 0 aliphatic carbocycles. The summed E-state index contributed by atoms with van der Waals surface area (Å²) in [6.45, 7) is 0.806. The van der Waals surface area contributed by atoms with Crippen LogP contribution in [0.5, 0.6) is 0 Å². The van der Waals surface area contributed by atoms with Crippen molar-refractivity contribution in [3.05, 3.63) is 11.6 Å². The van der Waals surface area contributed by atoms with Gasteiger partial charge in [-0.15, -0.1) is 0 Å². The molecule has 0 aromatic heterocycles. The van der Waals surface area contributed by atoms with Crippen molar-refractivity contribution in [2.45, 2.75) is 6.92 Å². The first-order valence-electron chi connectivity index (χ1n) is 3.10. The van der Waals surface area contributed by atoms with Crippen molar-refractivity contribution in [1.29, 1.82) is 0 Å². The Morgan fingerprint density at radius 1 is 1.67 bits per heavy atom. The molecule has 0 rings (SSSR count). The number of alkyl halides is 1. The molecule has 0 saturated heterocycles. The summed E-state index contributed by atoms with van der Waals surface area (Å²) in [6, 6.07) is 0. The molecule has 0 N–H and O–H groups in total. The van der Waals surface area contributed by atoms with Gasteiger partial charge in [0, 0.05) is 16.9 Å². The zero-order valence-corrected chi connectivity index (χ0v) is 8.07. The van der Waals surface area contributed by atoms with Crippen LogP contribution in [-0.4, -0.2) is 27.2 Å². The maximum atomic E-state index is 11.5. The summed E-state index contributed by atoms with van der Waals surface area (Å²) < 4.78 is 32.3. The molecule has 0 amide bonds. The van der Waals surface area contributed by atoms with E-state index in [1.165, 1.54) is 12.3 Å². The van der Waals surface area contributed by atoms with Crippen molar-refractivity contribution in [3.8, 4) is 0 Å². The lowest BCUT2D eigenvalue weighted by molar-refractivity contribution is 0.514. The average Bonchev–Trinajstić information content (AvgIpc) is 1.95. The van der Waals surface area contributed by atoms with E-state index in [2.05, 4.69) is 4.99 Å². The van der Waals surface area contributed by atoms with E-state index in [0.717, 1.165) is 0 Å². The third-order valence-electron chi connectivity index (χ3n) is 0.968. The highest BCUT2D eigenvalue weighted by molar-refractivity contribution is 8.13. The summed E-state index contributed by atoms with van der Waals surface area (Å²) in [5.41, 5.74) is 0.567. The summed E-state index contributed by atoms with van der Waals surface area (Å²) >= 11 is 0. The average molecular weight is 214 g/mol. The SMILES string of the molecule is C/C(C=NCF)=C/CS(=O)(=O)Cl. The van der Waals surface area contributed by atoms with Crippen LogP contribution in [0.25, 0.3) is 0 Å². The predicted molar refractivity (Wildman–Crippen MR) is 47.9 cm³/mol. The Balaban J connectivity index is 4.11. The predicted octanol–water partition coefficient (Wildman–Crippen LogP) is 1.50. The zero-order valence-electron chi connectivity index (χ0n) is 6.50. The molecule has 0 aromatic carbocycles. The molecule has 12 heavy (non-hydrogen) atoms. The molecule has 0 atom stereocenters. The van der Waals surface area contributed by atoms with Gasteiger partial charge in [-0.2, -0.15) is 0 Å². The molecule has 0 aromatic rings. The van der Waals surface area contributed by atoms with Crippen LogP contribution < -0.4 is 0 Å². The molecule has 0 unspecified atom stereocenters. The molecule has 0 fully saturated rings. The Morgan fingerprint density at radius 3 is 2.67 bits per heavy atom. The minimum atomic E-state index is -3.50. The molecular weight excluding hydrogens is 205 g/mol. The van der Waals surface area contributed by atoms with Gasteiger partial charge in [-0.25, -0.2) is 12.8 Å². The molecular formula is C6H9ClFNO2S. The van der Waals surface area contributed by atoms with Crippen molar-refractivity contribution in [2.75, 3.05) is 12.6 Å². The Hall–Kier alpha value is -0.420. The van der Waals surface area contributed by atoms with Crippen LogP contribution >= 0.6 is 10.7 Å². The second-order valence-electron chi connectivity index (χ2n) is 2.08. The van der Waals surface area contributed by atoms with Crippen molar-refractivity contribution in [3.63, 3.8) is 0 Å². The normalized spacial score (nSPS) is 14.1. The van der Waals surface area contributed by atoms with Crippen molar-refractivity contribution in [1.82, 2.24) is 0 Å². The molecule has 0 saturated carbocycles. The topological polar surface area (TPSA) is 46.5 Å². The highest BCUT2D eigenvalue weighted by Crippen LogP contribution is 1.98. The van der Waals surface area contributed by atoms with Gasteiger partial charge in [-0.3, -0.25) is 4.99 Å². The third-order valence-corrected chi connectivity index (χ3v) is 1.91. The van der Waals surface area contributed by atoms with E-state index < -0.39 is 15.8 Å². The molecule has 0 bridgehead atoms. The van der Waals surface area contributed by atoms with Gasteiger partial charge in [-0.1, -0.05) is 6.08 Å². The van der Waals surface area contributed by atoms with Crippen LogP contribution in [0.15, 0.2) is 16.6 Å². The first kappa shape index (κ1) is 11.6. The second kappa shape index (κ2) is 5.27. The third kappa shape index (κ3) is 7.68. The van der Waals surface area contributed by atoms with E-state index in [0.29, 0.717) is 5.57 Å². The number of halogens is 2. The van der Waals surface area contributed by atoms with E-state index >= 15 is 0 Å². The van der Waals surface area contributed by atoms with E-state index in [4.69, 9.17) is 10.7 Å². The zero-order chi connectivity index (χ0) is 9.61. The van der Waals surface area contributed by atoms with Crippen molar-refractivity contribution >= 4 is 25.9 Å². The first-order chi connectivity index (χ1) is 5.45. The van der Waals surface area contributed by atoms with Crippen molar-refractivity contribution < 1.29 is 12.8 Å². The molecule has 0 radical (unpaired) electrons. The standard InChI is InChI=1S/C6H9ClFNO2S/c1-6(4-9-5-8)2-3-12(7,10)11/h2,4H,3,5H2,1H3/b6-2-,9-4?. The minimum Gasteiger partial charge on any atom is -0.260 e. The molecule has 0 aliphatic rings. The first-order valence-corrected chi connectivity index (χ1v) is 5.58. The lowest BCUT2D eigenvalue weighted by Crippen LogP contribution is -1.94. The summed E-state index contributed by atoms with van der Waals surface area (Å²) in [5, 5.41) is 0. The summed E-state index contributed by atoms with van der Waals surface area (Å²) in [6.07, 6.45) is 2.61. The van der Waals surface area contributed by atoms with Gasteiger partial charge < -0.3 is 0 Å². The van der Waals surface area contributed by atoms with Crippen LogP contribution in [0.2, 0.25) is 0 Å². The quantitative estimate of drug-likeness (QED) is 0.404. The number of hydrogen-bond acceptors (Lipinski definition) is 3. The highest BCUT2D eigenvalue weighted by atomic mass is 35.7. The summed E-state index contributed by atoms with van der Waals surface area (Å²) in [5.74, 6) is -0.265. The Morgan fingerprint density at radius 2 is 2.25 bits per heavy atom. The fourth-order valence-corrected chi connectivity index (χ4v) is 1.11. The van der Waals surface area contributed by atoms with Gasteiger partial charge in [-0.05, 0) is 12.5 Å². The smallest absolute Gasteiger partial charge is 0.236 e. The maximum absolute atomic E-state index is 11.5. The van der Waals surface area contributed by atoms with Crippen LogP contribution in [0.4, 0.5) is 4.39 Å². The lowest BCUT2D eigenvalue weighted by Gasteiger charge is -1.89. The lowest BCUT2D eigenvalue weighted by atomic mass is 10.3. The van der Waals surface area contributed by atoms with Gasteiger partial charge in [0.2, 0.25) is 9.05 Å². The van der Waals surface area contributed by atoms with Gasteiger partial charge >= 0.3 is 0 Å². The van der Waals surface area contributed by atoms with Crippen LogP contribution in [0, 0.1) is 0 Å². The minimum absolute atomic E-state index is 0.265. The van der Waals surface area contributed by atoms with Gasteiger partial charge in [0.15, 0.2) is 6.80 Å². The van der Waals surface area contributed by atoms with Gasteiger partial charge in [0.25, 0.3) is 0 Å². The highest BCUT2D eigenvalue weighted by Gasteiger charge is 2.00. The van der Waals surface area contributed by atoms with E-state index in [9.17, 15) is 12.8 Å². The largest absolute Gasteiger partial charge is 0.260 e. The molecule has 6 heteroatoms. The number of hydrogen-bond donors (Lipinski definition) is 0. The fraction of sp³-hybridized carbons (Fsp3) is 0.500. The molecule has 0 heterocycles. The number of nitrogens with zero attached hydrogens (tertiary/aromatic N) is 1. The second-order valence-corrected chi connectivity index (χ2v) is 4.91. The van der Waals surface area contributed by atoms with Gasteiger partial charge in [0.05, 0.1) is 5.75 Å². The molecule has 0 aliphatic heterocycles. The Kier molecular flexibility index (Phi) is 5.08. The summed E-state index contributed by atoms with van der Waals surface area (Å²) in [7, 11) is 1.42. The van der Waals surface area contributed by atoms with E-state index in [-0.39, 0.29) is 5.75 Å². The van der Waals surface area contributed by atoms with Crippen LogP contribution in [-0.2, 0) is 9.05 Å². The van der Waals surface area contributed by atoms with E-state index in [1.54, 1.807) is 6.92 Å². The van der Waals surface area contributed by atoms with E-state index in [1.807, 2.05) is 0 Å². The van der Waals surface area contributed by atoms with Crippen molar-refractivity contribution in [2.24, 2.45) is 4.99 Å². The Labute approximate surface area is 75.4 Å². The number of rotatable bonds is 4. The van der Waals surface area contributed by atoms with Crippen LogP contribution in [0.1, 0.15) is 6.92 Å². The molecule has 0 spiro atoms. The summed E-state index contributed by atoms with van der Waals surface area (Å²) in [4.78, 5) is 3.27. The molecule has 70 valence electrons.